The second-order valence-electron chi connectivity index (χ2n) is 8.13. The van der Waals surface area contributed by atoms with Crippen molar-refractivity contribution in [2.75, 3.05) is 11.9 Å². The molecule has 0 radical (unpaired) electrons. The maximum absolute atomic E-state index is 4.75. The fourth-order valence-corrected chi connectivity index (χ4v) is 6.51. The van der Waals surface area contributed by atoms with Crippen molar-refractivity contribution in [2.24, 2.45) is 23.2 Å². The van der Waals surface area contributed by atoms with E-state index in [4.69, 9.17) is 5.10 Å². The highest BCUT2D eigenvalue weighted by Gasteiger charge is 2.55. The number of hydrogen-bond acceptors (Lipinski definition) is 2. The van der Waals surface area contributed by atoms with Gasteiger partial charge in [0.2, 0.25) is 0 Å². The smallest absolute Gasteiger partial charge is 0.127 e. The average Bonchev–Trinajstić information content (AvgIpc) is 2.79. The van der Waals surface area contributed by atoms with Crippen LogP contribution in [-0.2, 0) is 0 Å². The van der Waals surface area contributed by atoms with Gasteiger partial charge in [0, 0.05) is 12.1 Å². The Bertz CT molecular complexity index is 509. The van der Waals surface area contributed by atoms with Crippen LogP contribution in [0.4, 0.5) is 5.82 Å². The number of aromatic nitrogens is 2. The van der Waals surface area contributed by atoms with Gasteiger partial charge in [-0.05, 0) is 75.0 Å². The molecule has 4 saturated carbocycles. The molecule has 1 N–H and O–H groups in total. The molecule has 4 aliphatic carbocycles. The van der Waals surface area contributed by atoms with Gasteiger partial charge in [-0.15, -0.1) is 0 Å². The fraction of sp³-hybridized carbons (Fsp3) is 0.824. The van der Waals surface area contributed by atoms with Crippen LogP contribution in [0.25, 0.3) is 0 Å². The highest BCUT2D eigenvalue weighted by molar-refractivity contribution is 5.45. The van der Waals surface area contributed by atoms with Crippen molar-refractivity contribution in [1.82, 2.24) is 9.78 Å². The van der Waals surface area contributed by atoms with E-state index in [1.54, 1.807) is 0 Å². The van der Waals surface area contributed by atoms with E-state index < -0.39 is 0 Å². The van der Waals surface area contributed by atoms with Crippen molar-refractivity contribution in [3.8, 4) is 0 Å². The third-order valence-electron chi connectivity index (χ3n) is 6.78. The van der Waals surface area contributed by atoms with Crippen molar-refractivity contribution < 1.29 is 0 Å². The topological polar surface area (TPSA) is 29.9 Å². The van der Waals surface area contributed by atoms with E-state index >= 15 is 0 Å². The number of fused-ring (bicyclic) bond motifs is 1. The van der Waals surface area contributed by atoms with E-state index in [9.17, 15) is 0 Å². The number of nitrogens with one attached hydrogen (secondary N) is 1. The summed E-state index contributed by atoms with van der Waals surface area (Å²) in [7, 11) is 0. The number of aryl methyl sites for hydroxylation is 1. The van der Waals surface area contributed by atoms with Gasteiger partial charge in [0.15, 0.2) is 0 Å². The summed E-state index contributed by atoms with van der Waals surface area (Å²) in [4.78, 5) is 0. The zero-order valence-electron chi connectivity index (χ0n) is 12.4. The molecule has 1 unspecified atom stereocenters. The molecule has 20 heavy (non-hydrogen) atoms. The Hall–Kier alpha value is -0.990. The third kappa shape index (κ3) is 1.44. The first kappa shape index (κ1) is 11.6. The highest BCUT2D eigenvalue weighted by atomic mass is 15.4. The molecule has 3 heteroatoms. The maximum Gasteiger partial charge on any atom is 0.127 e. The molecule has 1 atom stereocenters. The first-order chi connectivity index (χ1) is 9.73. The first-order valence-electron chi connectivity index (χ1n) is 8.51. The summed E-state index contributed by atoms with van der Waals surface area (Å²) in [6.07, 6.45) is 12.4. The van der Waals surface area contributed by atoms with E-state index in [1.165, 1.54) is 56.3 Å². The van der Waals surface area contributed by atoms with Gasteiger partial charge in [0.25, 0.3) is 0 Å². The van der Waals surface area contributed by atoms with Gasteiger partial charge in [-0.1, -0.05) is 0 Å². The second-order valence-corrected chi connectivity index (χ2v) is 8.13. The quantitative estimate of drug-likeness (QED) is 0.842. The van der Waals surface area contributed by atoms with E-state index in [0.29, 0.717) is 11.5 Å². The summed E-state index contributed by atoms with van der Waals surface area (Å²) >= 11 is 0. The molecule has 1 aromatic heterocycles. The molecule has 4 bridgehead atoms. The third-order valence-corrected chi connectivity index (χ3v) is 6.78. The summed E-state index contributed by atoms with van der Waals surface area (Å²) in [5.74, 6) is 4.42. The summed E-state index contributed by atoms with van der Waals surface area (Å²) < 4.78 is 2.37. The van der Waals surface area contributed by atoms with Gasteiger partial charge in [0.1, 0.15) is 5.82 Å². The molecule has 2 heterocycles. The van der Waals surface area contributed by atoms with Crippen LogP contribution in [-0.4, -0.2) is 16.3 Å². The van der Waals surface area contributed by atoms with E-state index in [-0.39, 0.29) is 0 Å². The van der Waals surface area contributed by atoms with E-state index in [2.05, 4.69) is 23.1 Å². The van der Waals surface area contributed by atoms with Crippen molar-refractivity contribution in [3.63, 3.8) is 0 Å². The van der Waals surface area contributed by atoms with Crippen molar-refractivity contribution in [1.29, 1.82) is 0 Å². The SMILES string of the molecule is Cc1cnn2c1NCCC2C12CC3CC(CC(C3)C1)C2. The molecule has 1 aliphatic heterocycles. The lowest BCUT2D eigenvalue weighted by Crippen LogP contribution is -2.51. The summed E-state index contributed by atoms with van der Waals surface area (Å²) in [5, 5.41) is 8.32. The van der Waals surface area contributed by atoms with Crippen LogP contribution in [0.1, 0.15) is 56.6 Å². The number of nitrogens with zero attached hydrogens (tertiary/aromatic N) is 2. The Morgan fingerprint density at radius 1 is 1.15 bits per heavy atom. The largest absolute Gasteiger partial charge is 0.370 e. The molecule has 0 saturated heterocycles. The minimum Gasteiger partial charge on any atom is -0.370 e. The van der Waals surface area contributed by atoms with Crippen molar-refractivity contribution >= 4 is 5.82 Å². The Balaban J connectivity index is 1.57. The van der Waals surface area contributed by atoms with Crippen LogP contribution < -0.4 is 5.32 Å². The summed E-state index contributed by atoms with van der Waals surface area (Å²) in [6.45, 7) is 3.33. The van der Waals surface area contributed by atoms with E-state index in [1.807, 2.05) is 0 Å². The van der Waals surface area contributed by atoms with Gasteiger partial charge in [-0.3, -0.25) is 0 Å². The predicted octanol–water partition coefficient (Wildman–Crippen LogP) is 3.76. The number of rotatable bonds is 1. The molecule has 0 amide bonds. The van der Waals surface area contributed by atoms with Crippen LogP contribution in [0, 0.1) is 30.1 Å². The van der Waals surface area contributed by atoms with Crippen LogP contribution in [0.15, 0.2) is 6.20 Å². The monoisotopic (exact) mass is 271 g/mol. The Labute approximate surface area is 121 Å². The Morgan fingerprint density at radius 2 is 1.80 bits per heavy atom. The van der Waals surface area contributed by atoms with Crippen molar-refractivity contribution in [3.05, 3.63) is 11.8 Å². The molecular formula is C17H25N3. The number of hydrogen-bond donors (Lipinski definition) is 1. The van der Waals surface area contributed by atoms with Gasteiger partial charge in [0.05, 0.1) is 12.2 Å². The predicted molar refractivity (Wildman–Crippen MR) is 79.7 cm³/mol. The summed E-state index contributed by atoms with van der Waals surface area (Å²) in [5.41, 5.74) is 1.91. The van der Waals surface area contributed by atoms with Crippen molar-refractivity contribution in [2.45, 2.75) is 57.9 Å². The molecule has 4 fully saturated rings. The lowest BCUT2D eigenvalue weighted by atomic mass is 9.47. The van der Waals surface area contributed by atoms with Gasteiger partial charge in [-0.25, -0.2) is 4.68 Å². The molecule has 0 spiro atoms. The Kier molecular flexibility index (Phi) is 2.22. The van der Waals surface area contributed by atoms with Gasteiger partial charge < -0.3 is 5.32 Å². The summed E-state index contributed by atoms with van der Waals surface area (Å²) in [6, 6.07) is 0.667. The lowest BCUT2D eigenvalue weighted by molar-refractivity contribution is -0.0868. The molecule has 108 valence electrons. The lowest BCUT2D eigenvalue weighted by Gasteiger charge is -2.60. The molecule has 5 aliphatic rings. The Morgan fingerprint density at radius 3 is 2.45 bits per heavy atom. The van der Waals surface area contributed by atoms with Crippen LogP contribution >= 0.6 is 0 Å². The highest BCUT2D eigenvalue weighted by Crippen LogP contribution is 2.64. The van der Waals surface area contributed by atoms with Gasteiger partial charge >= 0.3 is 0 Å². The fourth-order valence-electron chi connectivity index (χ4n) is 6.51. The zero-order chi connectivity index (χ0) is 13.3. The molecule has 1 aromatic rings. The second kappa shape index (κ2) is 3.80. The normalized spacial score (nSPS) is 45.2. The van der Waals surface area contributed by atoms with Crippen LogP contribution in [0.2, 0.25) is 0 Å². The standard InChI is InChI=1S/C17H25N3/c1-11-10-19-20-15(2-3-18-16(11)20)17-7-12-4-13(8-17)6-14(5-12)9-17/h10,12-15,18H,2-9H2,1H3. The first-order valence-corrected chi connectivity index (χ1v) is 8.51. The van der Waals surface area contributed by atoms with Crippen LogP contribution in [0.3, 0.4) is 0 Å². The van der Waals surface area contributed by atoms with Gasteiger partial charge in [-0.2, -0.15) is 5.10 Å². The minimum atomic E-state index is 0.587. The molecule has 6 rings (SSSR count). The van der Waals surface area contributed by atoms with Crippen LogP contribution in [0.5, 0.6) is 0 Å². The molecular weight excluding hydrogens is 246 g/mol. The zero-order valence-corrected chi connectivity index (χ0v) is 12.4. The average molecular weight is 271 g/mol. The minimum absolute atomic E-state index is 0.587. The maximum atomic E-state index is 4.75. The van der Waals surface area contributed by atoms with E-state index in [0.717, 1.165) is 24.3 Å². The number of anilines is 1. The molecule has 3 nitrogen and oxygen atoms in total. The molecule has 0 aromatic carbocycles.